The van der Waals surface area contributed by atoms with Crippen molar-refractivity contribution in [3.8, 4) is 0 Å². The van der Waals surface area contributed by atoms with Crippen molar-refractivity contribution in [2.75, 3.05) is 33.3 Å². The van der Waals surface area contributed by atoms with Crippen molar-refractivity contribution < 1.29 is 9.53 Å². The highest BCUT2D eigenvalue weighted by molar-refractivity contribution is 5.86. The van der Waals surface area contributed by atoms with Crippen molar-refractivity contribution >= 4 is 11.9 Å². The molecule has 1 fully saturated rings. The molecule has 3 N–H and O–H groups in total. The Morgan fingerprint density at radius 1 is 1.37 bits per heavy atom. The number of hydrogen-bond acceptors (Lipinski definition) is 3. The van der Waals surface area contributed by atoms with Gasteiger partial charge in [-0.15, -0.1) is 0 Å². The second-order valence-corrected chi connectivity index (χ2v) is 5.03. The number of carbonyl (C=O) groups excluding carboxylic acids is 1. The first-order valence-electron chi connectivity index (χ1n) is 6.95. The molecular formula is C13H26N4O2. The van der Waals surface area contributed by atoms with E-state index in [1.54, 1.807) is 7.05 Å². The molecule has 1 unspecified atom stereocenters. The zero-order chi connectivity index (χ0) is 14.1. The summed E-state index contributed by atoms with van der Waals surface area (Å²) in [6, 6.07) is 0. The van der Waals surface area contributed by atoms with Crippen molar-refractivity contribution in [2.24, 2.45) is 4.99 Å². The number of ether oxygens (including phenoxy) is 1. The van der Waals surface area contributed by atoms with Crippen LogP contribution in [-0.2, 0) is 9.53 Å². The third-order valence-corrected chi connectivity index (χ3v) is 3.14. The van der Waals surface area contributed by atoms with Crippen LogP contribution < -0.4 is 16.0 Å². The zero-order valence-electron chi connectivity index (χ0n) is 12.2. The molecule has 0 aromatic carbocycles. The van der Waals surface area contributed by atoms with Gasteiger partial charge >= 0.3 is 0 Å². The van der Waals surface area contributed by atoms with Crippen LogP contribution >= 0.6 is 0 Å². The molecule has 6 nitrogen and oxygen atoms in total. The Balaban J connectivity index is 2.24. The summed E-state index contributed by atoms with van der Waals surface area (Å²) in [5, 5.41) is 9.00. The maximum Gasteiger partial charge on any atom is 0.239 e. The van der Waals surface area contributed by atoms with Crippen LogP contribution in [0.3, 0.4) is 0 Å². The molecule has 0 radical (unpaired) electrons. The summed E-state index contributed by atoms with van der Waals surface area (Å²) in [4.78, 5) is 15.6. The second kappa shape index (κ2) is 7.99. The van der Waals surface area contributed by atoms with E-state index in [1.807, 2.05) is 6.92 Å². The fourth-order valence-corrected chi connectivity index (χ4v) is 1.96. The minimum absolute atomic E-state index is 0.0203. The topological polar surface area (TPSA) is 74.8 Å². The van der Waals surface area contributed by atoms with Crippen LogP contribution in [0.5, 0.6) is 0 Å². The van der Waals surface area contributed by atoms with Gasteiger partial charge in [-0.2, -0.15) is 0 Å². The Hall–Kier alpha value is -1.30. The lowest BCUT2D eigenvalue weighted by Crippen LogP contribution is -2.48. The maximum atomic E-state index is 11.5. The third kappa shape index (κ3) is 5.92. The molecule has 0 aliphatic carbocycles. The first-order valence-corrected chi connectivity index (χ1v) is 6.95. The van der Waals surface area contributed by atoms with E-state index in [-0.39, 0.29) is 18.1 Å². The van der Waals surface area contributed by atoms with Gasteiger partial charge in [0.1, 0.15) is 0 Å². The number of carbonyl (C=O) groups is 1. The first-order chi connectivity index (χ1) is 9.09. The maximum absolute atomic E-state index is 11.5. The molecule has 110 valence electrons. The van der Waals surface area contributed by atoms with E-state index < -0.39 is 0 Å². The Bertz CT molecular complexity index is 312. The van der Waals surface area contributed by atoms with E-state index in [1.165, 1.54) is 0 Å². The molecule has 0 spiro atoms. The molecule has 0 aromatic heterocycles. The van der Waals surface area contributed by atoms with Crippen molar-refractivity contribution in [2.45, 2.75) is 38.7 Å². The molecule has 0 saturated carbocycles. The summed E-state index contributed by atoms with van der Waals surface area (Å²) in [6.45, 7) is 6.58. The minimum Gasteiger partial charge on any atom is -0.373 e. The van der Waals surface area contributed by atoms with Crippen LogP contribution in [0.2, 0.25) is 0 Å². The number of nitrogens with zero attached hydrogens (tertiary/aromatic N) is 1. The number of amides is 1. The summed E-state index contributed by atoms with van der Waals surface area (Å²) in [6.07, 6.45) is 3.09. The average Bonchev–Trinajstić information content (AvgIpc) is 2.83. The summed E-state index contributed by atoms with van der Waals surface area (Å²) >= 11 is 0. The van der Waals surface area contributed by atoms with Crippen LogP contribution in [0.15, 0.2) is 4.99 Å². The highest BCUT2D eigenvalue weighted by Crippen LogP contribution is 2.23. The predicted molar refractivity (Wildman–Crippen MR) is 76.3 cm³/mol. The molecule has 1 saturated heterocycles. The SMILES string of the molecule is CCCNC(=O)CNC(=NC)NCC1(C)CCCO1. The molecule has 1 amide bonds. The Labute approximate surface area is 115 Å². The third-order valence-electron chi connectivity index (χ3n) is 3.14. The van der Waals surface area contributed by atoms with E-state index in [9.17, 15) is 4.79 Å². The van der Waals surface area contributed by atoms with E-state index >= 15 is 0 Å². The first kappa shape index (κ1) is 15.8. The Morgan fingerprint density at radius 3 is 2.74 bits per heavy atom. The van der Waals surface area contributed by atoms with Gasteiger partial charge in [-0.05, 0) is 26.2 Å². The molecule has 6 heteroatoms. The summed E-state index contributed by atoms with van der Waals surface area (Å²) in [5.41, 5.74) is -0.123. The van der Waals surface area contributed by atoms with Gasteiger partial charge in [-0.25, -0.2) is 0 Å². The second-order valence-electron chi connectivity index (χ2n) is 5.03. The summed E-state index contributed by atoms with van der Waals surface area (Å²) in [5.74, 6) is 0.608. The number of rotatable bonds is 6. The predicted octanol–water partition coefficient (Wildman–Crippen LogP) is 0.247. The fraction of sp³-hybridized carbons (Fsp3) is 0.846. The average molecular weight is 270 g/mol. The van der Waals surface area contributed by atoms with E-state index in [0.717, 1.165) is 25.9 Å². The van der Waals surface area contributed by atoms with Crippen LogP contribution in [0.4, 0.5) is 0 Å². The van der Waals surface area contributed by atoms with Crippen molar-refractivity contribution in [1.29, 1.82) is 0 Å². The lowest BCUT2D eigenvalue weighted by atomic mass is 10.0. The molecular weight excluding hydrogens is 244 g/mol. The van der Waals surface area contributed by atoms with E-state index in [2.05, 4.69) is 27.9 Å². The van der Waals surface area contributed by atoms with Crippen LogP contribution in [0.1, 0.15) is 33.1 Å². The quantitative estimate of drug-likeness (QED) is 0.478. The van der Waals surface area contributed by atoms with Crippen LogP contribution in [-0.4, -0.2) is 50.8 Å². The van der Waals surface area contributed by atoms with Crippen LogP contribution in [0, 0.1) is 0 Å². The fourth-order valence-electron chi connectivity index (χ4n) is 1.96. The summed E-state index contributed by atoms with van der Waals surface area (Å²) in [7, 11) is 1.69. The molecule has 19 heavy (non-hydrogen) atoms. The van der Waals surface area contributed by atoms with Crippen molar-refractivity contribution in [3.05, 3.63) is 0 Å². The van der Waals surface area contributed by atoms with Gasteiger partial charge < -0.3 is 20.7 Å². The van der Waals surface area contributed by atoms with Gasteiger partial charge in [0.15, 0.2) is 5.96 Å². The molecule has 1 heterocycles. The highest BCUT2D eigenvalue weighted by Gasteiger charge is 2.29. The highest BCUT2D eigenvalue weighted by atomic mass is 16.5. The standard InChI is InChI=1S/C13H26N4O2/c1-4-7-15-11(18)9-16-12(14-3)17-10-13(2)6-5-8-19-13/h4-10H2,1-3H3,(H,15,18)(H2,14,16,17). The van der Waals surface area contributed by atoms with Gasteiger partial charge in [-0.1, -0.05) is 6.92 Å². The molecule has 0 bridgehead atoms. The molecule has 0 aromatic rings. The van der Waals surface area contributed by atoms with Gasteiger partial charge in [0, 0.05) is 26.7 Å². The van der Waals surface area contributed by atoms with Gasteiger partial charge in [0.05, 0.1) is 12.1 Å². The number of guanidine groups is 1. The number of nitrogens with one attached hydrogen (secondary N) is 3. The van der Waals surface area contributed by atoms with Crippen LogP contribution in [0.25, 0.3) is 0 Å². The largest absolute Gasteiger partial charge is 0.373 e. The normalized spacial score (nSPS) is 23.2. The number of aliphatic imine (C=N–C) groups is 1. The van der Waals surface area contributed by atoms with Gasteiger partial charge in [0.25, 0.3) is 0 Å². The number of hydrogen-bond donors (Lipinski definition) is 3. The minimum atomic E-state index is -0.123. The zero-order valence-corrected chi connectivity index (χ0v) is 12.2. The van der Waals surface area contributed by atoms with Gasteiger partial charge in [-0.3, -0.25) is 9.79 Å². The molecule has 1 atom stereocenters. The monoisotopic (exact) mass is 270 g/mol. The summed E-state index contributed by atoms with van der Waals surface area (Å²) < 4.78 is 5.69. The van der Waals surface area contributed by atoms with Crippen molar-refractivity contribution in [1.82, 2.24) is 16.0 Å². The Morgan fingerprint density at radius 2 is 2.16 bits per heavy atom. The van der Waals surface area contributed by atoms with Gasteiger partial charge in [0.2, 0.25) is 5.91 Å². The smallest absolute Gasteiger partial charge is 0.239 e. The molecule has 1 aliphatic rings. The van der Waals surface area contributed by atoms with E-state index in [0.29, 0.717) is 19.0 Å². The Kier molecular flexibility index (Phi) is 6.62. The van der Waals surface area contributed by atoms with E-state index in [4.69, 9.17) is 4.74 Å². The van der Waals surface area contributed by atoms with Crippen molar-refractivity contribution in [3.63, 3.8) is 0 Å². The lowest BCUT2D eigenvalue weighted by Gasteiger charge is -2.24. The molecule has 1 rings (SSSR count). The molecule has 1 aliphatic heterocycles. The lowest BCUT2D eigenvalue weighted by molar-refractivity contribution is -0.120.